The molecule has 5 aromatic rings. The molecule has 47 heavy (non-hydrogen) atoms. The molecule has 9 nitrogen and oxygen atoms in total. The number of fused-ring (bicyclic) bond motifs is 3. The molecule has 2 N–H and O–H groups in total. The molecule has 1 fully saturated rings. The normalized spacial score (nSPS) is 16.0. The minimum Gasteiger partial charge on any atom is -0.421 e. The molecule has 1 aromatic carbocycles. The minimum atomic E-state index is -0.0966. The molecule has 0 spiro atoms. The lowest BCUT2D eigenvalue weighted by atomic mass is 9.90. The predicted octanol–water partition coefficient (Wildman–Crippen LogP) is 7.34. The number of aromatic nitrogens is 4. The van der Waals surface area contributed by atoms with Crippen LogP contribution in [0.2, 0.25) is 0 Å². The maximum absolute atomic E-state index is 13.7. The molecule has 1 amide bonds. The zero-order chi connectivity index (χ0) is 32.5. The van der Waals surface area contributed by atoms with Crippen LogP contribution < -0.4 is 5.73 Å². The van der Waals surface area contributed by atoms with Gasteiger partial charge in [-0.15, -0.1) is 21.5 Å². The predicted molar refractivity (Wildman–Crippen MR) is 181 cm³/mol. The monoisotopic (exact) mass is 654 g/mol. The maximum Gasteiger partial charge on any atom is 0.256 e. The summed E-state index contributed by atoms with van der Waals surface area (Å²) in [6, 6.07) is 9.13. The molecule has 0 atom stereocenters. The summed E-state index contributed by atoms with van der Waals surface area (Å²) in [6.07, 6.45) is 9.84. The summed E-state index contributed by atoms with van der Waals surface area (Å²) in [7, 11) is 0. The van der Waals surface area contributed by atoms with Gasteiger partial charge in [-0.1, -0.05) is 13.0 Å². The Morgan fingerprint density at radius 2 is 1.89 bits per heavy atom. The van der Waals surface area contributed by atoms with E-state index in [1.54, 1.807) is 25.3 Å². The summed E-state index contributed by atoms with van der Waals surface area (Å²) >= 11 is 1.54. The Kier molecular flexibility index (Phi) is 9.00. The van der Waals surface area contributed by atoms with Crippen molar-refractivity contribution in [2.45, 2.75) is 71.8 Å². The molecular weight excluding hydrogens is 616 g/mol. The minimum absolute atomic E-state index is 0.00336. The standard InChI is InChI=1S/C27H30N6O3S.C9H9F/c1-3-10-33-14-19-22(27(33)34)23(20-13-17-6-9-29-25(28)24(17)37-20)21(26-32-31-15(2)36-26)18(30-19)5-4-16-7-11-35-12-8-16;10-9-5-4-7-2-1-3-8(7)6-9/h6,9,13,16H,3-5,7-8,10-12,14H2,1-2H3,(H2,28,29);4-6H,1-3H2. The van der Waals surface area contributed by atoms with Crippen LogP contribution in [0.1, 0.15) is 77.8 Å². The molecule has 4 aromatic heterocycles. The van der Waals surface area contributed by atoms with E-state index in [9.17, 15) is 9.18 Å². The van der Waals surface area contributed by atoms with E-state index in [0.29, 0.717) is 42.2 Å². The lowest BCUT2D eigenvalue weighted by Crippen LogP contribution is -2.24. The lowest BCUT2D eigenvalue weighted by Gasteiger charge is -2.22. The van der Waals surface area contributed by atoms with Crippen molar-refractivity contribution in [2.75, 3.05) is 25.5 Å². The fraction of sp³-hybridized carbons (Fsp3) is 0.417. The number of carbonyl (C=O) groups is 1. The zero-order valence-electron chi connectivity index (χ0n) is 26.9. The smallest absolute Gasteiger partial charge is 0.256 e. The van der Waals surface area contributed by atoms with Gasteiger partial charge in [-0.2, -0.15) is 0 Å². The SMILES string of the molecule is CCCN1Cc2nc(CCC3CCOCC3)c(-c3nnc(C)o3)c(-c3cc4ccnc(N)c4s3)c2C1=O.Fc1ccc2c(c1)CCC2. The number of hydrogen-bond acceptors (Lipinski definition) is 9. The number of benzene rings is 1. The molecule has 0 saturated carbocycles. The number of nitrogens with zero attached hydrogens (tertiary/aromatic N) is 5. The molecule has 0 unspecified atom stereocenters. The Bertz CT molecular complexity index is 1930. The van der Waals surface area contributed by atoms with Gasteiger partial charge in [0.15, 0.2) is 0 Å². The lowest BCUT2D eigenvalue weighted by molar-refractivity contribution is 0.0639. The van der Waals surface area contributed by atoms with Crippen molar-refractivity contribution < 1.29 is 18.3 Å². The molecule has 6 heterocycles. The highest BCUT2D eigenvalue weighted by Gasteiger charge is 2.36. The number of carbonyl (C=O) groups excluding carboxylic acids is 1. The molecule has 3 aliphatic rings. The van der Waals surface area contributed by atoms with Gasteiger partial charge in [0.25, 0.3) is 5.91 Å². The van der Waals surface area contributed by atoms with E-state index in [0.717, 1.165) is 95.6 Å². The van der Waals surface area contributed by atoms with Crippen LogP contribution in [0.5, 0.6) is 0 Å². The molecule has 244 valence electrons. The Morgan fingerprint density at radius 1 is 1.06 bits per heavy atom. The third kappa shape index (κ3) is 6.38. The number of thiophene rings is 1. The van der Waals surface area contributed by atoms with Gasteiger partial charge >= 0.3 is 0 Å². The number of pyridine rings is 2. The van der Waals surface area contributed by atoms with Crippen LogP contribution in [-0.2, 0) is 30.5 Å². The number of anilines is 1. The van der Waals surface area contributed by atoms with Crippen molar-refractivity contribution >= 4 is 33.1 Å². The third-order valence-corrected chi connectivity index (χ3v) is 10.5. The summed E-state index contributed by atoms with van der Waals surface area (Å²) in [4.78, 5) is 25.9. The van der Waals surface area contributed by atoms with Gasteiger partial charge in [0, 0.05) is 43.3 Å². The third-order valence-electron chi connectivity index (χ3n) is 9.32. The first-order valence-corrected chi connectivity index (χ1v) is 17.4. The van der Waals surface area contributed by atoms with Gasteiger partial charge in [0.1, 0.15) is 11.6 Å². The van der Waals surface area contributed by atoms with Crippen LogP contribution in [0.3, 0.4) is 0 Å². The Labute approximate surface area is 277 Å². The number of nitrogens with two attached hydrogens (primary N) is 1. The molecule has 0 bridgehead atoms. The van der Waals surface area contributed by atoms with Crippen LogP contribution in [0, 0.1) is 18.7 Å². The second-order valence-electron chi connectivity index (χ2n) is 12.6. The Balaban J connectivity index is 0.000000298. The summed E-state index contributed by atoms with van der Waals surface area (Å²) in [5.74, 6) is 1.83. The van der Waals surface area contributed by atoms with E-state index in [4.69, 9.17) is 19.9 Å². The van der Waals surface area contributed by atoms with Crippen molar-refractivity contribution in [3.63, 3.8) is 0 Å². The maximum atomic E-state index is 13.7. The van der Waals surface area contributed by atoms with E-state index < -0.39 is 0 Å². The molecular formula is C36H39FN6O3S. The number of nitrogen functional groups attached to an aromatic ring is 1. The average Bonchev–Trinajstić information content (AvgIpc) is 3.87. The fourth-order valence-corrected chi connectivity index (χ4v) is 8.09. The summed E-state index contributed by atoms with van der Waals surface area (Å²) in [5.41, 5.74) is 12.7. The first kappa shape index (κ1) is 31.4. The molecule has 2 aliphatic heterocycles. The van der Waals surface area contributed by atoms with Gasteiger partial charge < -0.3 is 19.8 Å². The van der Waals surface area contributed by atoms with Crippen LogP contribution in [0.15, 0.2) is 40.9 Å². The van der Waals surface area contributed by atoms with E-state index in [2.05, 4.69) is 28.2 Å². The van der Waals surface area contributed by atoms with Gasteiger partial charge in [0.05, 0.1) is 33.8 Å². The van der Waals surface area contributed by atoms with Gasteiger partial charge in [-0.05, 0) is 98.1 Å². The summed E-state index contributed by atoms with van der Waals surface area (Å²) in [5, 5.41) is 9.51. The van der Waals surface area contributed by atoms with Crippen LogP contribution in [0.4, 0.5) is 10.2 Å². The van der Waals surface area contributed by atoms with E-state index in [1.165, 1.54) is 28.9 Å². The quantitative estimate of drug-likeness (QED) is 0.194. The molecule has 11 heteroatoms. The van der Waals surface area contributed by atoms with E-state index >= 15 is 0 Å². The molecule has 0 radical (unpaired) electrons. The first-order chi connectivity index (χ1) is 22.9. The number of ether oxygens (including phenoxy) is 1. The molecule has 1 aliphatic carbocycles. The van der Waals surface area contributed by atoms with Crippen molar-refractivity contribution in [1.29, 1.82) is 0 Å². The van der Waals surface area contributed by atoms with Crippen molar-refractivity contribution in [3.8, 4) is 21.9 Å². The Hall–Kier alpha value is -4.22. The highest BCUT2D eigenvalue weighted by atomic mass is 32.1. The molecule has 8 rings (SSSR count). The second kappa shape index (κ2) is 13.5. The van der Waals surface area contributed by atoms with Crippen LogP contribution in [-0.4, -0.2) is 50.7 Å². The van der Waals surface area contributed by atoms with E-state index in [-0.39, 0.29) is 11.7 Å². The largest absolute Gasteiger partial charge is 0.421 e. The first-order valence-electron chi connectivity index (χ1n) is 16.5. The van der Waals surface area contributed by atoms with Crippen molar-refractivity contribution in [2.24, 2.45) is 5.92 Å². The highest BCUT2D eigenvalue weighted by molar-refractivity contribution is 7.22. The topological polar surface area (TPSA) is 120 Å². The Morgan fingerprint density at radius 3 is 2.66 bits per heavy atom. The molecule has 1 saturated heterocycles. The van der Waals surface area contributed by atoms with Gasteiger partial charge in [-0.25, -0.2) is 9.37 Å². The number of halogens is 1. The van der Waals surface area contributed by atoms with Gasteiger partial charge in [-0.3, -0.25) is 9.78 Å². The number of aryl methyl sites for hydroxylation is 4. The highest BCUT2D eigenvalue weighted by Crippen LogP contribution is 2.46. The number of rotatable bonds is 7. The van der Waals surface area contributed by atoms with Crippen LogP contribution in [0.25, 0.3) is 32.0 Å². The van der Waals surface area contributed by atoms with Crippen LogP contribution >= 0.6 is 11.3 Å². The average molecular weight is 655 g/mol. The summed E-state index contributed by atoms with van der Waals surface area (Å²) < 4.78 is 25.0. The second-order valence-corrected chi connectivity index (χ2v) is 13.6. The number of amides is 1. The zero-order valence-corrected chi connectivity index (χ0v) is 27.7. The van der Waals surface area contributed by atoms with Crippen molar-refractivity contribution in [1.82, 2.24) is 25.1 Å². The van der Waals surface area contributed by atoms with Gasteiger partial charge in [0.2, 0.25) is 11.8 Å². The van der Waals surface area contributed by atoms with E-state index in [1.807, 2.05) is 17.0 Å². The fourth-order valence-electron chi connectivity index (χ4n) is 6.97. The summed E-state index contributed by atoms with van der Waals surface area (Å²) in [6.45, 7) is 6.67. The number of hydrogen-bond donors (Lipinski definition) is 1. The van der Waals surface area contributed by atoms with Crippen molar-refractivity contribution in [3.05, 3.63) is 76.3 Å².